The Hall–Kier alpha value is -2.98. The third kappa shape index (κ3) is 4.01. The maximum Gasteiger partial charge on any atom is 0.267 e. The van der Waals surface area contributed by atoms with Crippen molar-refractivity contribution in [3.63, 3.8) is 0 Å². The third-order valence-corrected chi connectivity index (χ3v) is 3.39. The lowest BCUT2D eigenvalue weighted by Crippen LogP contribution is -2.14. The summed E-state index contributed by atoms with van der Waals surface area (Å²) < 4.78 is 0. The number of thiazole rings is 1. The van der Waals surface area contributed by atoms with E-state index in [0.717, 1.165) is 0 Å². The molecule has 0 spiro atoms. The van der Waals surface area contributed by atoms with Crippen LogP contribution >= 0.6 is 11.3 Å². The molecule has 0 atom stereocenters. The zero-order valence-electron chi connectivity index (χ0n) is 11.7. The van der Waals surface area contributed by atoms with Gasteiger partial charge in [0.15, 0.2) is 10.9 Å². The van der Waals surface area contributed by atoms with Crippen molar-refractivity contribution >= 4 is 33.8 Å². The number of hydrogen-bond donors (Lipinski definition) is 2. The second kappa shape index (κ2) is 7.15. The molecule has 0 aliphatic carbocycles. The Morgan fingerprint density at radius 2 is 2.05 bits per heavy atom. The van der Waals surface area contributed by atoms with Crippen LogP contribution in [-0.2, 0) is 4.79 Å². The fourth-order valence-electron chi connectivity index (χ4n) is 1.56. The fraction of sp³-hybridized carbons (Fsp3) is 0.0667. The normalized spacial score (nSPS) is 10.6. The summed E-state index contributed by atoms with van der Waals surface area (Å²) in [4.78, 5) is 27.2. The number of carbonyl (C=O) groups is 2. The van der Waals surface area contributed by atoms with E-state index in [4.69, 9.17) is 5.26 Å². The van der Waals surface area contributed by atoms with Crippen LogP contribution in [0.5, 0.6) is 0 Å². The molecule has 0 aliphatic heterocycles. The van der Waals surface area contributed by atoms with Crippen molar-refractivity contribution in [3.05, 3.63) is 53.2 Å². The molecule has 0 saturated carbocycles. The first-order valence-corrected chi connectivity index (χ1v) is 7.17. The number of Topliss-reactive ketones (excluding diaryl/α,β-unsaturated/α-hetero) is 1. The zero-order chi connectivity index (χ0) is 15.9. The van der Waals surface area contributed by atoms with E-state index in [1.165, 1.54) is 24.5 Å². The standard InChI is InChI=1S/C15H12N4O2S/c1-10(20)11-2-4-13(5-3-11)19-14(21)12(8-16)9-18-15-17-6-7-22-15/h2-7,9H,1H3,(H,17,18)(H,19,21)/b12-9-. The number of aromatic nitrogens is 1. The topological polar surface area (TPSA) is 94.9 Å². The molecule has 2 rings (SSSR count). The van der Waals surface area contributed by atoms with E-state index in [9.17, 15) is 9.59 Å². The first-order valence-electron chi connectivity index (χ1n) is 6.29. The average Bonchev–Trinajstić information content (AvgIpc) is 3.01. The van der Waals surface area contributed by atoms with Crippen molar-refractivity contribution in [2.24, 2.45) is 0 Å². The predicted octanol–water partition coefficient (Wildman–Crippen LogP) is 2.80. The molecule has 0 saturated heterocycles. The molecule has 7 heteroatoms. The highest BCUT2D eigenvalue weighted by Crippen LogP contribution is 2.13. The molecule has 0 unspecified atom stereocenters. The molecule has 2 aromatic rings. The molecular weight excluding hydrogens is 300 g/mol. The average molecular weight is 312 g/mol. The summed E-state index contributed by atoms with van der Waals surface area (Å²) in [6.07, 6.45) is 2.92. The highest BCUT2D eigenvalue weighted by atomic mass is 32.1. The van der Waals surface area contributed by atoms with Gasteiger partial charge in [-0.05, 0) is 31.2 Å². The molecule has 1 aromatic heterocycles. The molecular formula is C15H12N4O2S. The quantitative estimate of drug-likeness (QED) is 0.503. The minimum Gasteiger partial charge on any atom is -0.337 e. The Kier molecular flexibility index (Phi) is 5.01. The Balaban J connectivity index is 2.04. The summed E-state index contributed by atoms with van der Waals surface area (Å²) in [5.41, 5.74) is 0.982. The predicted molar refractivity (Wildman–Crippen MR) is 84.5 cm³/mol. The van der Waals surface area contributed by atoms with Crippen molar-refractivity contribution in [3.8, 4) is 6.07 Å². The van der Waals surface area contributed by atoms with E-state index < -0.39 is 5.91 Å². The number of carbonyl (C=O) groups excluding carboxylic acids is 2. The van der Waals surface area contributed by atoms with Crippen LogP contribution in [0.15, 0.2) is 47.6 Å². The summed E-state index contributed by atoms with van der Waals surface area (Å²) in [6, 6.07) is 8.27. The van der Waals surface area contributed by atoms with Gasteiger partial charge in [0.1, 0.15) is 11.6 Å². The summed E-state index contributed by atoms with van der Waals surface area (Å²) in [5, 5.41) is 16.8. The van der Waals surface area contributed by atoms with Crippen LogP contribution in [0.2, 0.25) is 0 Å². The molecule has 0 fully saturated rings. The van der Waals surface area contributed by atoms with Crippen molar-refractivity contribution in [2.45, 2.75) is 6.92 Å². The van der Waals surface area contributed by atoms with E-state index in [2.05, 4.69) is 15.6 Å². The van der Waals surface area contributed by atoms with E-state index in [0.29, 0.717) is 16.4 Å². The lowest BCUT2D eigenvalue weighted by atomic mass is 10.1. The van der Waals surface area contributed by atoms with Gasteiger partial charge in [0, 0.05) is 29.0 Å². The van der Waals surface area contributed by atoms with Crippen LogP contribution < -0.4 is 10.6 Å². The van der Waals surface area contributed by atoms with E-state index in [-0.39, 0.29) is 11.4 Å². The number of hydrogen-bond acceptors (Lipinski definition) is 6. The number of nitrogens with zero attached hydrogens (tertiary/aromatic N) is 2. The first-order chi connectivity index (χ1) is 10.6. The Morgan fingerprint density at radius 1 is 1.32 bits per heavy atom. The number of anilines is 2. The maximum atomic E-state index is 12.0. The smallest absolute Gasteiger partial charge is 0.267 e. The van der Waals surface area contributed by atoms with E-state index >= 15 is 0 Å². The van der Waals surface area contributed by atoms with Crippen LogP contribution in [0.1, 0.15) is 17.3 Å². The summed E-state index contributed by atoms with van der Waals surface area (Å²) >= 11 is 1.36. The first kappa shape index (κ1) is 15.4. The van der Waals surface area contributed by atoms with Gasteiger partial charge in [-0.15, -0.1) is 11.3 Å². The van der Waals surface area contributed by atoms with Crippen LogP contribution in [0.4, 0.5) is 10.8 Å². The number of rotatable bonds is 5. The van der Waals surface area contributed by atoms with Gasteiger partial charge in [0.2, 0.25) is 0 Å². The molecule has 0 radical (unpaired) electrons. The molecule has 0 aliphatic rings. The van der Waals surface area contributed by atoms with Crippen LogP contribution in [0, 0.1) is 11.3 Å². The number of nitriles is 1. The lowest BCUT2D eigenvalue weighted by Gasteiger charge is -2.05. The SMILES string of the molecule is CC(=O)c1ccc(NC(=O)/C(C#N)=C\Nc2nccs2)cc1. The number of amides is 1. The molecule has 22 heavy (non-hydrogen) atoms. The van der Waals surface area contributed by atoms with Crippen LogP contribution in [-0.4, -0.2) is 16.7 Å². The van der Waals surface area contributed by atoms with Crippen LogP contribution in [0.3, 0.4) is 0 Å². The lowest BCUT2D eigenvalue weighted by molar-refractivity contribution is -0.112. The van der Waals surface area contributed by atoms with Gasteiger partial charge in [0.05, 0.1) is 0 Å². The van der Waals surface area contributed by atoms with Crippen molar-refractivity contribution in [2.75, 3.05) is 10.6 Å². The second-order valence-electron chi connectivity index (χ2n) is 4.24. The maximum absolute atomic E-state index is 12.0. The fourth-order valence-corrected chi connectivity index (χ4v) is 2.06. The molecule has 1 heterocycles. The van der Waals surface area contributed by atoms with Gasteiger partial charge in [-0.2, -0.15) is 5.26 Å². The second-order valence-corrected chi connectivity index (χ2v) is 5.13. The third-order valence-electron chi connectivity index (χ3n) is 2.69. The Bertz CT molecular complexity index is 743. The van der Waals surface area contributed by atoms with Gasteiger partial charge < -0.3 is 10.6 Å². The summed E-state index contributed by atoms with van der Waals surface area (Å²) in [5.74, 6) is -0.592. The Labute approximate surface area is 131 Å². The molecule has 1 amide bonds. The van der Waals surface area contributed by atoms with Gasteiger partial charge >= 0.3 is 0 Å². The minimum atomic E-state index is -0.540. The van der Waals surface area contributed by atoms with Gasteiger partial charge in [-0.3, -0.25) is 9.59 Å². The number of benzene rings is 1. The largest absolute Gasteiger partial charge is 0.337 e. The molecule has 6 nitrogen and oxygen atoms in total. The Morgan fingerprint density at radius 3 is 2.59 bits per heavy atom. The highest BCUT2D eigenvalue weighted by molar-refractivity contribution is 7.13. The van der Waals surface area contributed by atoms with E-state index in [1.54, 1.807) is 35.8 Å². The number of nitrogens with one attached hydrogen (secondary N) is 2. The molecule has 1 aromatic carbocycles. The molecule has 2 N–H and O–H groups in total. The van der Waals surface area contributed by atoms with E-state index in [1.807, 2.05) is 6.07 Å². The van der Waals surface area contributed by atoms with Gasteiger partial charge in [0.25, 0.3) is 5.91 Å². The summed E-state index contributed by atoms with van der Waals surface area (Å²) in [7, 11) is 0. The van der Waals surface area contributed by atoms with Crippen molar-refractivity contribution in [1.82, 2.24) is 4.98 Å². The monoisotopic (exact) mass is 312 g/mol. The van der Waals surface area contributed by atoms with Crippen LogP contribution in [0.25, 0.3) is 0 Å². The summed E-state index contributed by atoms with van der Waals surface area (Å²) in [6.45, 7) is 1.47. The highest BCUT2D eigenvalue weighted by Gasteiger charge is 2.10. The van der Waals surface area contributed by atoms with Gasteiger partial charge in [-0.1, -0.05) is 0 Å². The zero-order valence-corrected chi connectivity index (χ0v) is 12.5. The number of ketones is 1. The van der Waals surface area contributed by atoms with Crippen molar-refractivity contribution < 1.29 is 9.59 Å². The molecule has 0 bridgehead atoms. The minimum absolute atomic E-state index is 0.0527. The molecule has 110 valence electrons. The van der Waals surface area contributed by atoms with Gasteiger partial charge in [-0.25, -0.2) is 4.98 Å². The van der Waals surface area contributed by atoms with Crippen molar-refractivity contribution in [1.29, 1.82) is 5.26 Å².